The SMILES string of the molecule is CC(C)(C)c1nc2c(N(c3ccccc3)c3cc4ccccc4c4ccccc34)cc3c(c2o1)-c1c(cc(N(c2ccccc2)c2cc4ccccc4c4ccccc24)c2nc(C(C)(C)C)oc12)C3(c1ccccc1)c1ccccc1. The molecule has 6 nitrogen and oxygen atoms in total. The molecule has 0 radical (unpaired) electrons. The number of oxazole rings is 2. The van der Waals surface area contributed by atoms with Gasteiger partial charge in [0.1, 0.15) is 11.0 Å². The third kappa shape index (κ3) is 7.39. The van der Waals surface area contributed by atoms with Crippen molar-refractivity contribution in [2.75, 3.05) is 9.80 Å². The van der Waals surface area contributed by atoms with Gasteiger partial charge in [-0.1, -0.05) is 236 Å². The van der Waals surface area contributed by atoms with Crippen LogP contribution in [0.1, 0.15) is 75.6 Å². The monoisotopic (exact) mass is 1050 g/mol. The normalized spacial score (nSPS) is 13.2. The molecule has 15 rings (SSSR count). The van der Waals surface area contributed by atoms with E-state index in [-0.39, 0.29) is 0 Å². The molecular weight excluding hydrogens is 989 g/mol. The van der Waals surface area contributed by atoms with Crippen LogP contribution in [-0.2, 0) is 16.2 Å². The quantitative estimate of drug-likeness (QED) is 0.141. The Bertz CT molecular complexity index is 4470. The molecule has 0 bridgehead atoms. The van der Waals surface area contributed by atoms with Crippen LogP contribution in [0.2, 0.25) is 0 Å². The lowest BCUT2D eigenvalue weighted by molar-refractivity contribution is 0.410. The third-order valence-electron chi connectivity index (χ3n) is 16.5. The Morgan fingerprint density at radius 3 is 1.02 bits per heavy atom. The van der Waals surface area contributed by atoms with E-state index in [1.165, 1.54) is 21.5 Å². The van der Waals surface area contributed by atoms with E-state index >= 15 is 0 Å². The van der Waals surface area contributed by atoms with Crippen molar-refractivity contribution < 1.29 is 8.83 Å². The van der Waals surface area contributed by atoms with E-state index < -0.39 is 16.2 Å². The van der Waals surface area contributed by atoms with Gasteiger partial charge in [-0.3, -0.25) is 0 Å². The molecule has 0 fully saturated rings. The largest absolute Gasteiger partial charge is 0.439 e. The molecule has 1 aliphatic rings. The summed E-state index contributed by atoms with van der Waals surface area (Å²) >= 11 is 0. The number of hydrogen-bond donors (Lipinski definition) is 0. The van der Waals surface area contributed by atoms with Crippen LogP contribution in [-0.4, -0.2) is 9.97 Å². The van der Waals surface area contributed by atoms with Crippen molar-refractivity contribution in [2.45, 2.75) is 57.8 Å². The molecule has 0 saturated heterocycles. The van der Waals surface area contributed by atoms with Crippen molar-refractivity contribution in [3.63, 3.8) is 0 Å². The third-order valence-corrected chi connectivity index (χ3v) is 16.5. The van der Waals surface area contributed by atoms with Gasteiger partial charge in [-0.15, -0.1) is 0 Å². The van der Waals surface area contributed by atoms with Gasteiger partial charge in [0.2, 0.25) is 11.8 Å². The summed E-state index contributed by atoms with van der Waals surface area (Å²) in [6.45, 7) is 13.1. The molecule has 14 aromatic rings. The standard InChI is InChI=1S/C75H58N4O2/c1-73(2,3)71-76-67-63(78(51-33-15-9-16-34-51)61-43-47-27-19-21-37-53(47)55-39-23-25-41-57(55)61)45-59-65(69(67)80-71)66-60(75(59,49-29-11-7-12-30-49)50-31-13-8-14-32-50)46-64(68-70(66)81-72(77-68)74(4,5)6)79(52-35-17-10-18-36-52)62-44-48-28-20-22-38-54(48)56-40-24-26-42-58(56)62/h7-46H,1-6H3. The molecule has 0 aliphatic heterocycles. The van der Waals surface area contributed by atoms with Gasteiger partial charge in [-0.25, -0.2) is 9.97 Å². The van der Waals surface area contributed by atoms with E-state index in [0.29, 0.717) is 22.9 Å². The van der Waals surface area contributed by atoms with Crippen molar-refractivity contribution in [2.24, 2.45) is 0 Å². The Morgan fingerprint density at radius 2 is 0.654 bits per heavy atom. The first-order valence-corrected chi connectivity index (χ1v) is 28.1. The Labute approximate surface area is 471 Å². The van der Waals surface area contributed by atoms with Gasteiger partial charge in [0.25, 0.3) is 0 Å². The summed E-state index contributed by atoms with van der Waals surface area (Å²) in [5.41, 5.74) is 13.0. The fourth-order valence-electron chi connectivity index (χ4n) is 12.9. The molecule has 0 amide bonds. The molecule has 0 N–H and O–H groups in total. The van der Waals surface area contributed by atoms with Gasteiger partial charge in [-0.05, 0) is 103 Å². The molecule has 2 heterocycles. The average Bonchev–Trinajstić information content (AvgIpc) is 4.29. The molecule has 6 heteroatoms. The van der Waals surface area contributed by atoms with Crippen molar-refractivity contribution in [3.05, 3.63) is 277 Å². The molecule has 390 valence electrons. The molecule has 0 unspecified atom stereocenters. The lowest BCUT2D eigenvalue weighted by Crippen LogP contribution is -2.29. The van der Waals surface area contributed by atoms with Crippen LogP contribution in [0.5, 0.6) is 0 Å². The van der Waals surface area contributed by atoms with Gasteiger partial charge in [0.05, 0.1) is 28.2 Å². The summed E-state index contributed by atoms with van der Waals surface area (Å²) in [7, 11) is 0. The Kier molecular flexibility index (Phi) is 10.8. The summed E-state index contributed by atoms with van der Waals surface area (Å²) in [5.74, 6) is 1.28. The number of fused-ring (bicyclic) bond motifs is 13. The lowest BCUT2D eigenvalue weighted by atomic mass is 9.67. The van der Waals surface area contributed by atoms with Crippen molar-refractivity contribution >= 4 is 99.4 Å². The zero-order chi connectivity index (χ0) is 54.8. The summed E-state index contributed by atoms with van der Waals surface area (Å²) in [5, 5.41) is 9.29. The van der Waals surface area contributed by atoms with E-state index in [1.54, 1.807) is 0 Å². The minimum absolute atomic E-state index is 0.461. The number of aromatic nitrogens is 2. The highest BCUT2D eigenvalue weighted by Crippen LogP contribution is 2.63. The summed E-state index contributed by atoms with van der Waals surface area (Å²) in [4.78, 5) is 16.2. The Hall–Kier alpha value is -9.78. The summed E-state index contributed by atoms with van der Waals surface area (Å²) in [6.07, 6.45) is 0. The van der Waals surface area contributed by atoms with Gasteiger partial charge in [0.15, 0.2) is 11.2 Å². The number of nitrogens with zero attached hydrogens (tertiary/aromatic N) is 4. The van der Waals surface area contributed by atoms with Gasteiger partial charge < -0.3 is 18.6 Å². The predicted molar refractivity (Wildman–Crippen MR) is 336 cm³/mol. The molecule has 0 saturated carbocycles. The zero-order valence-corrected chi connectivity index (χ0v) is 46.2. The van der Waals surface area contributed by atoms with Gasteiger partial charge in [-0.2, -0.15) is 0 Å². The van der Waals surface area contributed by atoms with Crippen molar-refractivity contribution in [1.29, 1.82) is 0 Å². The van der Waals surface area contributed by atoms with E-state index in [9.17, 15) is 0 Å². The molecule has 81 heavy (non-hydrogen) atoms. The number of para-hydroxylation sites is 2. The Balaban J connectivity index is 1.15. The number of rotatable bonds is 8. The smallest absolute Gasteiger partial charge is 0.200 e. The number of anilines is 6. The lowest BCUT2D eigenvalue weighted by Gasteiger charge is -2.36. The first-order valence-electron chi connectivity index (χ1n) is 28.1. The molecule has 12 aromatic carbocycles. The van der Waals surface area contributed by atoms with Crippen LogP contribution in [0.3, 0.4) is 0 Å². The van der Waals surface area contributed by atoms with Crippen molar-refractivity contribution in [1.82, 2.24) is 9.97 Å². The van der Waals surface area contributed by atoms with Crippen LogP contribution >= 0.6 is 0 Å². The fraction of sp³-hybridized carbons (Fsp3) is 0.120. The second-order valence-electron chi connectivity index (χ2n) is 23.7. The second kappa shape index (κ2) is 18.1. The van der Waals surface area contributed by atoms with Crippen LogP contribution in [0, 0.1) is 0 Å². The van der Waals surface area contributed by atoms with Crippen molar-refractivity contribution in [3.8, 4) is 11.1 Å². The minimum atomic E-state index is -0.968. The van der Waals surface area contributed by atoms with Crippen LogP contribution < -0.4 is 9.80 Å². The van der Waals surface area contributed by atoms with Crippen LogP contribution in [0.4, 0.5) is 34.1 Å². The highest BCUT2D eigenvalue weighted by Gasteiger charge is 2.51. The van der Waals surface area contributed by atoms with Crippen LogP contribution in [0.25, 0.3) is 76.4 Å². The maximum atomic E-state index is 7.54. The highest BCUT2D eigenvalue weighted by atomic mass is 16.4. The highest BCUT2D eigenvalue weighted by molar-refractivity contribution is 6.20. The van der Waals surface area contributed by atoms with Gasteiger partial charge >= 0.3 is 0 Å². The maximum Gasteiger partial charge on any atom is 0.200 e. The topological polar surface area (TPSA) is 58.5 Å². The molecular formula is C75H58N4O2. The first kappa shape index (κ1) is 48.4. The zero-order valence-electron chi connectivity index (χ0n) is 46.2. The van der Waals surface area contributed by atoms with E-state index in [4.69, 9.17) is 18.8 Å². The molecule has 2 aromatic heterocycles. The minimum Gasteiger partial charge on any atom is -0.439 e. The Morgan fingerprint density at radius 1 is 0.333 bits per heavy atom. The van der Waals surface area contributed by atoms with Crippen LogP contribution in [0.15, 0.2) is 251 Å². The summed E-state index contributed by atoms with van der Waals surface area (Å²) in [6, 6.07) is 88.1. The molecule has 0 atom stereocenters. The van der Waals surface area contributed by atoms with E-state index in [0.717, 1.165) is 100 Å². The van der Waals surface area contributed by atoms with E-state index in [2.05, 4.69) is 294 Å². The summed E-state index contributed by atoms with van der Waals surface area (Å²) < 4.78 is 15.1. The number of benzene rings is 12. The molecule has 0 spiro atoms. The maximum absolute atomic E-state index is 7.54. The van der Waals surface area contributed by atoms with E-state index in [1.807, 2.05) is 0 Å². The molecule has 1 aliphatic carbocycles. The fourth-order valence-corrected chi connectivity index (χ4v) is 12.9. The average molecular weight is 1050 g/mol. The predicted octanol–water partition coefficient (Wildman–Crippen LogP) is 20.5. The first-order chi connectivity index (χ1) is 39.5. The number of hydrogen-bond acceptors (Lipinski definition) is 6. The van der Waals surface area contributed by atoms with Gasteiger partial charge in [0, 0.05) is 44.1 Å². The second-order valence-corrected chi connectivity index (χ2v) is 23.7.